The van der Waals surface area contributed by atoms with E-state index >= 15 is 0 Å². The van der Waals surface area contributed by atoms with Crippen LogP contribution in [0.15, 0.2) is 29.3 Å². The molecule has 3 aliphatic rings. The Labute approximate surface area is 182 Å². The van der Waals surface area contributed by atoms with Crippen LogP contribution >= 0.6 is 0 Å². The number of nitrogens with zero attached hydrogens (tertiary/aromatic N) is 4. The number of benzene rings is 1. The third-order valence-electron chi connectivity index (χ3n) is 7.06. The average Bonchev–Trinajstić information content (AvgIpc) is 3.41. The summed E-state index contributed by atoms with van der Waals surface area (Å²) in [4.78, 5) is 12.1. The Balaban J connectivity index is 1.11. The molecule has 6 heteroatoms. The molecule has 3 heterocycles. The van der Waals surface area contributed by atoms with E-state index < -0.39 is 0 Å². The van der Waals surface area contributed by atoms with Gasteiger partial charge in [0.25, 0.3) is 0 Å². The highest BCUT2D eigenvalue weighted by atomic mass is 16.5. The van der Waals surface area contributed by atoms with E-state index in [2.05, 4.69) is 56.2 Å². The average molecular weight is 414 g/mol. The maximum atomic E-state index is 5.66. The molecule has 0 amide bonds. The zero-order chi connectivity index (χ0) is 20.8. The van der Waals surface area contributed by atoms with E-state index in [4.69, 9.17) is 4.74 Å². The van der Waals surface area contributed by atoms with Crippen molar-refractivity contribution in [2.24, 2.45) is 10.4 Å². The van der Waals surface area contributed by atoms with E-state index in [1.54, 1.807) is 0 Å². The van der Waals surface area contributed by atoms with Crippen LogP contribution in [0.25, 0.3) is 0 Å². The molecule has 0 saturated carbocycles. The SMILES string of the molecule is CN=C(NCCCCN1CCN(c2cccc(C)c2)CC1)N1CCC2(CCOC2)C1. The summed E-state index contributed by atoms with van der Waals surface area (Å²) in [5, 5.41) is 3.60. The fourth-order valence-corrected chi connectivity index (χ4v) is 5.13. The fourth-order valence-electron chi connectivity index (χ4n) is 5.13. The smallest absolute Gasteiger partial charge is 0.193 e. The number of ether oxygens (including phenoxy) is 1. The van der Waals surface area contributed by atoms with Crippen LogP contribution in [0.4, 0.5) is 5.69 Å². The molecule has 4 rings (SSSR count). The monoisotopic (exact) mass is 413 g/mol. The molecule has 30 heavy (non-hydrogen) atoms. The van der Waals surface area contributed by atoms with Crippen LogP contribution in [0.3, 0.4) is 0 Å². The summed E-state index contributed by atoms with van der Waals surface area (Å²) in [5.41, 5.74) is 3.11. The maximum Gasteiger partial charge on any atom is 0.193 e. The summed E-state index contributed by atoms with van der Waals surface area (Å²) in [6.07, 6.45) is 4.88. The van der Waals surface area contributed by atoms with Crippen molar-refractivity contribution in [1.82, 2.24) is 15.1 Å². The molecule has 3 aliphatic heterocycles. The molecule has 1 aromatic carbocycles. The van der Waals surface area contributed by atoms with Crippen LogP contribution in [0.1, 0.15) is 31.2 Å². The predicted molar refractivity (Wildman–Crippen MR) is 124 cm³/mol. The second-order valence-corrected chi connectivity index (χ2v) is 9.32. The van der Waals surface area contributed by atoms with E-state index in [-0.39, 0.29) is 0 Å². The minimum atomic E-state index is 0.387. The van der Waals surface area contributed by atoms with Crippen LogP contribution < -0.4 is 10.2 Å². The van der Waals surface area contributed by atoms with Gasteiger partial charge in [-0.1, -0.05) is 12.1 Å². The van der Waals surface area contributed by atoms with E-state index in [1.165, 1.54) is 56.6 Å². The molecule has 3 saturated heterocycles. The van der Waals surface area contributed by atoms with E-state index in [0.29, 0.717) is 5.41 Å². The van der Waals surface area contributed by atoms with Crippen LogP contribution in [-0.4, -0.2) is 88.4 Å². The molecule has 1 atom stereocenters. The van der Waals surface area contributed by atoms with Crippen molar-refractivity contribution in [3.63, 3.8) is 0 Å². The van der Waals surface area contributed by atoms with Crippen LogP contribution in [0, 0.1) is 12.3 Å². The second-order valence-electron chi connectivity index (χ2n) is 9.32. The molecule has 1 N–H and O–H groups in total. The summed E-state index contributed by atoms with van der Waals surface area (Å²) in [5.74, 6) is 1.07. The molecule has 0 aromatic heterocycles. The van der Waals surface area contributed by atoms with Gasteiger partial charge < -0.3 is 19.9 Å². The normalized spacial score (nSPS) is 25.5. The van der Waals surface area contributed by atoms with Gasteiger partial charge in [0.05, 0.1) is 6.61 Å². The Kier molecular flexibility index (Phi) is 7.16. The standard InChI is InChI=1S/C24H39N5O/c1-21-6-5-7-22(18-21)28-15-13-27(14-16-28)11-4-3-10-26-23(25-2)29-12-8-24(19-29)9-17-30-20-24/h5-7,18H,3-4,8-17,19-20H2,1-2H3,(H,25,26). The van der Waals surface area contributed by atoms with Crippen molar-refractivity contribution < 1.29 is 4.74 Å². The number of unbranched alkanes of at least 4 members (excludes halogenated alkanes) is 1. The zero-order valence-electron chi connectivity index (χ0n) is 18.9. The van der Waals surface area contributed by atoms with Crippen molar-refractivity contribution in [3.05, 3.63) is 29.8 Å². The number of hydrogen-bond acceptors (Lipinski definition) is 4. The Morgan fingerprint density at radius 2 is 2.00 bits per heavy atom. The predicted octanol–water partition coefficient (Wildman–Crippen LogP) is 2.59. The Hall–Kier alpha value is -1.79. The number of aryl methyl sites for hydroxylation is 1. The molecular weight excluding hydrogens is 374 g/mol. The fraction of sp³-hybridized carbons (Fsp3) is 0.708. The lowest BCUT2D eigenvalue weighted by Gasteiger charge is -2.36. The summed E-state index contributed by atoms with van der Waals surface area (Å²) in [7, 11) is 1.91. The van der Waals surface area contributed by atoms with Gasteiger partial charge in [-0.3, -0.25) is 9.89 Å². The first-order valence-corrected chi connectivity index (χ1v) is 11.7. The highest BCUT2D eigenvalue weighted by molar-refractivity contribution is 5.80. The van der Waals surface area contributed by atoms with Crippen molar-refractivity contribution in [2.75, 3.05) is 77.5 Å². The van der Waals surface area contributed by atoms with Crippen molar-refractivity contribution in [3.8, 4) is 0 Å². The van der Waals surface area contributed by atoms with Crippen LogP contribution in [0.2, 0.25) is 0 Å². The van der Waals surface area contributed by atoms with Crippen LogP contribution in [0.5, 0.6) is 0 Å². The van der Waals surface area contributed by atoms with Gasteiger partial charge in [0.15, 0.2) is 5.96 Å². The summed E-state index contributed by atoms with van der Waals surface area (Å²) < 4.78 is 5.66. The third kappa shape index (κ3) is 5.27. The summed E-state index contributed by atoms with van der Waals surface area (Å²) >= 11 is 0. The van der Waals surface area contributed by atoms with Gasteiger partial charge in [0.1, 0.15) is 0 Å². The van der Waals surface area contributed by atoms with Gasteiger partial charge in [-0.05, 0) is 56.8 Å². The van der Waals surface area contributed by atoms with Gasteiger partial charge in [-0.25, -0.2) is 0 Å². The molecule has 0 aliphatic carbocycles. The van der Waals surface area contributed by atoms with Gasteiger partial charge >= 0.3 is 0 Å². The first kappa shape index (κ1) is 21.4. The number of piperazine rings is 1. The number of likely N-dealkylation sites (tertiary alicyclic amines) is 1. The second kappa shape index (κ2) is 10.0. The molecule has 3 fully saturated rings. The molecule has 0 radical (unpaired) electrons. The van der Waals surface area contributed by atoms with Crippen molar-refractivity contribution in [2.45, 2.75) is 32.6 Å². The maximum absolute atomic E-state index is 5.66. The highest BCUT2D eigenvalue weighted by Gasteiger charge is 2.42. The third-order valence-corrected chi connectivity index (χ3v) is 7.06. The van der Waals surface area contributed by atoms with Gasteiger partial charge in [0, 0.05) is 70.6 Å². The van der Waals surface area contributed by atoms with E-state index in [9.17, 15) is 0 Å². The highest BCUT2D eigenvalue weighted by Crippen LogP contribution is 2.38. The van der Waals surface area contributed by atoms with Crippen molar-refractivity contribution in [1.29, 1.82) is 0 Å². The lowest BCUT2D eigenvalue weighted by Crippen LogP contribution is -2.46. The van der Waals surface area contributed by atoms with E-state index in [1.807, 2.05) is 7.05 Å². The lowest BCUT2D eigenvalue weighted by molar-refractivity contribution is 0.156. The number of rotatable bonds is 6. The summed E-state index contributed by atoms with van der Waals surface area (Å²) in [6, 6.07) is 8.88. The Morgan fingerprint density at radius 3 is 2.73 bits per heavy atom. The van der Waals surface area contributed by atoms with Gasteiger partial charge in [-0.2, -0.15) is 0 Å². The molecule has 1 unspecified atom stereocenters. The summed E-state index contributed by atoms with van der Waals surface area (Å²) in [6.45, 7) is 13.0. The van der Waals surface area contributed by atoms with Gasteiger partial charge in [-0.15, -0.1) is 0 Å². The Morgan fingerprint density at radius 1 is 1.13 bits per heavy atom. The minimum absolute atomic E-state index is 0.387. The number of anilines is 1. The van der Waals surface area contributed by atoms with Crippen molar-refractivity contribution >= 4 is 11.6 Å². The first-order chi connectivity index (χ1) is 14.7. The lowest BCUT2D eigenvalue weighted by atomic mass is 9.87. The van der Waals surface area contributed by atoms with Crippen LogP contribution in [-0.2, 0) is 4.74 Å². The molecule has 6 nitrogen and oxygen atoms in total. The number of aliphatic imine (C=N–C) groups is 1. The number of hydrogen-bond donors (Lipinski definition) is 1. The molecular formula is C24H39N5O. The molecule has 1 spiro atoms. The first-order valence-electron chi connectivity index (χ1n) is 11.7. The molecule has 1 aromatic rings. The van der Waals surface area contributed by atoms with Gasteiger partial charge in [0.2, 0.25) is 0 Å². The molecule has 0 bridgehead atoms. The number of nitrogens with one attached hydrogen (secondary N) is 1. The Bertz CT molecular complexity index is 707. The number of guanidine groups is 1. The minimum Gasteiger partial charge on any atom is -0.381 e. The topological polar surface area (TPSA) is 43.3 Å². The van der Waals surface area contributed by atoms with E-state index in [0.717, 1.165) is 51.9 Å². The zero-order valence-corrected chi connectivity index (χ0v) is 18.9. The largest absolute Gasteiger partial charge is 0.381 e. The quantitative estimate of drug-likeness (QED) is 0.441. The molecule has 166 valence electrons.